The number of H-pyrrole nitrogens is 1. The quantitative estimate of drug-likeness (QED) is 0.0243. The van der Waals surface area contributed by atoms with E-state index in [1.54, 1.807) is 6.26 Å². The Morgan fingerprint density at radius 1 is 0.754 bits per heavy atom. The van der Waals surface area contributed by atoms with E-state index < -0.39 is 96.2 Å². The number of carbonyl (C=O) groups excluding carboxylic acids is 7. The van der Waals surface area contributed by atoms with Crippen molar-refractivity contribution in [1.82, 2.24) is 47.2 Å². The van der Waals surface area contributed by atoms with Gasteiger partial charge in [0.15, 0.2) is 5.96 Å². The summed E-state index contributed by atoms with van der Waals surface area (Å²) in [5.74, 6) is -6.11. The molecule has 1 heterocycles. The molecular weight excluding hydrogens is 767 g/mol. The molecule has 0 fully saturated rings. The summed E-state index contributed by atoms with van der Waals surface area (Å²) < 4.78 is 0. The van der Waals surface area contributed by atoms with E-state index in [1.807, 2.05) is 13.8 Å². The maximum atomic E-state index is 13.9. The Morgan fingerprint density at radius 3 is 1.81 bits per heavy atom. The van der Waals surface area contributed by atoms with E-state index in [1.165, 1.54) is 45.1 Å². The molecule has 7 atom stereocenters. The van der Waals surface area contributed by atoms with Crippen LogP contribution in [0, 0.1) is 5.92 Å². The zero-order chi connectivity index (χ0) is 43.2. The molecule has 0 saturated heterocycles. The van der Waals surface area contributed by atoms with E-state index in [0.29, 0.717) is 11.4 Å². The topological polar surface area (TPSA) is 360 Å². The van der Waals surface area contributed by atoms with Gasteiger partial charge in [0.2, 0.25) is 41.4 Å². The molecule has 22 nitrogen and oxygen atoms in total. The molecule has 15 N–H and O–H groups in total. The highest BCUT2D eigenvalue weighted by Gasteiger charge is 2.33. The van der Waals surface area contributed by atoms with Gasteiger partial charge in [-0.25, -0.2) is 4.98 Å². The maximum absolute atomic E-state index is 13.9. The average Bonchev–Trinajstić information content (AvgIpc) is 3.65. The first-order chi connectivity index (χ1) is 26.7. The van der Waals surface area contributed by atoms with Crippen molar-refractivity contribution in [3.05, 3.63) is 18.2 Å². The number of nitrogens with two attached hydrogens (primary N) is 3. The number of hydrogen-bond acceptors (Lipinski definition) is 12. The molecule has 0 aliphatic rings. The monoisotopic (exact) mass is 825 g/mol. The first kappa shape index (κ1) is 49.6. The normalized spacial score (nSPS) is 14.6. The molecule has 0 spiro atoms. The molecule has 1 rings (SSSR count). The van der Waals surface area contributed by atoms with Crippen LogP contribution in [-0.2, 0) is 44.8 Å². The molecule has 0 bridgehead atoms. The zero-order valence-corrected chi connectivity index (χ0v) is 34.0. The van der Waals surface area contributed by atoms with Gasteiger partial charge in [-0.1, -0.05) is 13.8 Å². The van der Waals surface area contributed by atoms with Crippen LogP contribution in [0.1, 0.15) is 66.0 Å². The van der Waals surface area contributed by atoms with Crippen LogP contribution in [0.25, 0.3) is 0 Å². The van der Waals surface area contributed by atoms with Crippen LogP contribution >= 0.6 is 11.8 Å². The highest BCUT2D eigenvalue weighted by Crippen LogP contribution is 2.10. The van der Waals surface area contributed by atoms with Crippen molar-refractivity contribution in [3.63, 3.8) is 0 Å². The van der Waals surface area contributed by atoms with Crippen molar-refractivity contribution in [1.29, 1.82) is 0 Å². The summed E-state index contributed by atoms with van der Waals surface area (Å²) in [5.41, 5.74) is 16.9. The molecule has 0 aliphatic carbocycles. The summed E-state index contributed by atoms with van der Waals surface area (Å²) in [6, 6.07) is -7.84. The van der Waals surface area contributed by atoms with Crippen LogP contribution < -0.4 is 54.4 Å². The minimum atomic E-state index is -1.30. The molecule has 7 amide bonds. The molecule has 0 saturated carbocycles. The van der Waals surface area contributed by atoms with Gasteiger partial charge in [0, 0.05) is 24.9 Å². The van der Waals surface area contributed by atoms with Gasteiger partial charge < -0.3 is 64.5 Å². The van der Waals surface area contributed by atoms with Crippen molar-refractivity contribution in [2.24, 2.45) is 28.1 Å². The number of aromatic nitrogens is 2. The minimum absolute atomic E-state index is 0.00617. The first-order valence-electron chi connectivity index (χ1n) is 18.3. The van der Waals surface area contributed by atoms with E-state index in [-0.39, 0.29) is 50.5 Å². The molecular formula is C34H59N13O9S. The Balaban J connectivity index is 3.25. The Labute approximate surface area is 335 Å². The van der Waals surface area contributed by atoms with E-state index in [0.717, 1.165) is 0 Å². The van der Waals surface area contributed by atoms with E-state index >= 15 is 0 Å². The van der Waals surface area contributed by atoms with E-state index in [9.17, 15) is 38.4 Å². The Kier molecular flexibility index (Phi) is 22.3. The van der Waals surface area contributed by atoms with Gasteiger partial charge in [0.1, 0.15) is 42.8 Å². The summed E-state index contributed by atoms with van der Waals surface area (Å²) in [5, 5.41) is 26.8. The second-order valence-electron chi connectivity index (χ2n) is 13.7. The number of thioether (sulfide) groups is 1. The number of hydrogen-bond donors (Lipinski definition) is 12. The Morgan fingerprint density at radius 2 is 1.28 bits per heavy atom. The van der Waals surface area contributed by atoms with E-state index in [4.69, 9.17) is 22.3 Å². The first-order valence-corrected chi connectivity index (χ1v) is 19.7. The number of aliphatic carboxylic acids is 1. The molecule has 320 valence electrons. The van der Waals surface area contributed by atoms with Gasteiger partial charge in [0.05, 0.1) is 12.4 Å². The summed E-state index contributed by atoms with van der Waals surface area (Å²) in [7, 11) is 0. The van der Waals surface area contributed by atoms with Gasteiger partial charge in [0.25, 0.3) is 0 Å². The minimum Gasteiger partial charge on any atom is -0.480 e. The summed E-state index contributed by atoms with van der Waals surface area (Å²) in [6.45, 7) is 7.30. The highest BCUT2D eigenvalue weighted by atomic mass is 32.2. The predicted octanol–water partition coefficient (Wildman–Crippen LogP) is -3.70. The van der Waals surface area contributed by atoms with Gasteiger partial charge in [-0.15, -0.1) is 0 Å². The fourth-order valence-electron chi connectivity index (χ4n) is 5.02. The van der Waals surface area contributed by atoms with Crippen LogP contribution in [0.3, 0.4) is 0 Å². The number of guanidine groups is 1. The zero-order valence-electron chi connectivity index (χ0n) is 33.2. The number of rotatable bonds is 26. The van der Waals surface area contributed by atoms with Crippen molar-refractivity contribution >= 4 is 65.0 Å². The third-order valence-corrected chi connectivity index (χ3v) is 8.75. The third kappa shape index (κ3) is 19.8. The molecule has 57 heavy (non-hydrogen) atoms. The molecule has 0 unspecified atom stereocenters. The maximum Gasteiger partial charge on any atom is 0.322 e. The lowest BCUT2D eigenvalue weighted by Gasteiger charge is -2.27. The smallest absolute Gasteiger partial charge is 0.322 e. The number of carbonyl (C=O) groups is 8. The largest absolute Gasteiger partial charge is 0.480 e. The number of carboxylic acids is 1. The van der Waals surface area contributed by atoms with Crippen LogP contribution in [0.4, 0.5) is 0 Å². The lowest BCUT2D eigenvalue weighted by atomic mass is 10.0. The average molecular weight is 826 g/mol. The SMILES string of the molecule is CSCC[C@H](NC(=O)[C@H](C)NC(=O)[C@H](C)NC(=O)[C@H](C)N)C(=O)N[C@@H](CC(C)C)C(=O)N[C@@H](CCCN=C(N)N)C(=O)N[C@@H](Cc1cnc[nH]1)C(=O)NCC(=O)O. The number of nitrogens with one attached hydrogen (secondary N) is 8. The van der Waals surface area contributed by atoms with Gasteiger partial charge >= 0.3 is 5.97 Å². The lowest BCUT2D eigenvalue weighted by Crippen LogP contribution is -2.59. The van der Waals surface area contributed by atoms with Crippen molar-refractivity contribution in [3.8, 4) is 0 Å². The fraction of sp³-hybridized carbons (Fsp3) is 0.647. The van der Waals surface area contributed by atoms with Crippen molar-refractivity contribution < 1.29 is 43.5 Å². The predicted molar refractivity (Wildman–Crippen MR) is 212 cm³/mol. The number of aliphatic imine (C=N–C) groups is 1. The van der Waals surface area contributed by atoms with Crippen molar-refractivity contribution in [2.45, 2.75) is 109 Å². The molecule has 0 aromatic carbocycles. The number of amides is 7. The third-order valence-electron chi connectivity index (χ3n) is 8.11. The number of nitrogens with zero attached hydrogens (tertiary/aromatic N) is 2. The van der Waals surface area contributed by atoms with Crippen LogP contribution in [0.5, 0.6) is 0 Å². The number of imidazole rings is 1. The Bertz CT molecular complexity index is 1540. The summed E-state index contributed by atoms with van der Waals surface area (Å²) in [4.78, 5) is 114. The summed E-state index contributed by atoms with van der Waals surface area (Å²) in [6.07, 6.45) is 5.00. The molecule has 23 heteroatoms. The van der Waals surface area contributed by atoms with E-state index in [2.05, 4.69) is 52.2 Å². The van der Waals surface area contributed by atoms with Crippen LogP contribution in [0.15, 0.2) is 17.5 Å². The molecule has 1 aromatic heterocycles. The van der Waals surface area contributed by atoms with Gasteiger partial charge in [-0.2, -0.15) is 11.8 Å². The second kappa shape index (κ2) is 25.7. The number of aromatic amines is 1. The van der Waals surface area contributed by atoms with Gasteiger partial charge in [-0.05, 0) is 64.4 Å². The highest BCUT2D eigenvalue weighted by molar-refractivity contribution is 7.98. The lowest BCUT2D eigenvalue weighted by molar-refractivity contribution is -0.138. The summed E-state index contributed by atoms with van der Waals surface area (Å²) >= 11 is 1.41. The molecule has 0 aliphatic heterocycles. The fourth-order valence-corrected chi connectivity index (χ4v) is 5.49. The molecule has 1 aromatic rings. The standard InChI is InChI=1S/C34H59N13O9S/c1-17(2)12-24(46-32(55)23(9-11-57-6)44-29(52)20(5)43-28(51)19(4)42-27(50)18(3)35)33(56)45-22(8-7-10-39-34(36)37)31(54)47-25(13-21-14-38-16-41-21)30(53)40-15-26(48)49/h14,16-20,22-25H,7-13,15,35H2,1-6H3,(H,38,41)(H,40,53)(H,42,50)(H,43,51)(H,44,52)(H,45,56)(H,46,55)(H,47,54)(H,48,49)(H4,36,37,39)/t18-,19-,20-,22-,23-,24-,25-/m0/s1. The van der Waals surface area contributed by atoms with Crippen LogP contribution in [-0.4, -0.2) is 136 Å². The molecule has 0 radical (unpaired) electrons. The van der Waals surface area contributed by atoms with Gasteiger partial charge in [-0.3, -0.25) is 43.3 Å². The number of carboxylic acid groups (broad SMARTS) is 1. The van der Waals surface area contributed by atoms with Crippen molar-refractivity contribution in [2.75, 3.05) is 25.1 Å². The second-order valence-corrected chi connectivity index (χ2v) is 14.7. The Hall–Kier alpha value is -5.45. The van der Waals surface area contributed by atoms with Crippen LogP contribution in [0.2, 0.25) is 0 Å².